The van der Waals surface area contributed by atoms with E-state index in [0.29, 0.717) is 19.5 Å². The second-order valence-corrected chi connectivity index (χ2v) is 7.40. The number of carbonyl (C=O) groups is 1. The number of amides is 1. The highest BCUT2D eigenvalue weighted by Gasteiger charge is 2.46. The Kier molecular flexibility index (Phi) is 4.32. The Balaban J connectivity index is 1.70. The number of likely N-dealkylation sites (tertiary alicyclic amines) is 1. The Morgan fingerprint density at radius 2 is 1.77 bits per heavy atom. The number of benzene rings is 2. The van der Waals surface area contributed by atoms with Crippen LogP contribution in [-0.4, -0.2) is 33.1 Å². The Hall–Kier alpha value is -2.53. The number of hydrogen-bond acceptors (Lipinski definition) is 4. The van der Waals surface area contributed by atoms with Gasteiger partial charge in [0.15, 0.2) is 0 Å². The number of fused-ring (bicyclic) bond motifs is 1. The van der Waals surface area contributed by atoms with Gasteiger partial charge in [-0.25, -0.2) is 0 Å². The van der Waals surface area contributed by atoms with E-state index in [9.17, 15) is 15.0 Å². The van der Waals surface area contributed by atoms with E-state index in [-0.39, 0.29) is 17.4 Å². The van der Waals surface area contributed by atoms with Crippen molar-refractivity contribution < 1.29 is 15.0 Å². The molecule has 2 heterocycles. The maximum absolute atomic E-state index is 13.1. The number of nitrogens with zero attached hydrogens (tertiary/aromatic N) is 1. The number of carbonyl (C=O) groups excluding carboxylic acids is 1. The molecular formula is C21H24N2O3. The van der Waals surface area contributed by atoms with Gasteiger partial charge in [-0.3, -0.25) is 9.69 Å². The summed E-state index contributed by atoms with van der Waals surface area (Å²) >= 11 is 0. The summed E-state index contributed by atoms with van der Waals surface area (Å²) in [7, 11) is 0. The van der Waals surface area contributed by atoms with Gasteiger partial charge in [-0.05, 0) is 54.6 Å². The average Bonchev–Trinajstić information content (AvgIpc) is 2.74. The van der Waals surface area contributed by atoms with Crippen LogP contribution in [0.5, 0.6) is 11.5 Å². The molecule has 2 aliphatic rings. The van der Waals surface area contributed by atoms with Gasteiger partial charge in [0.25, 0.3) is 0 Å². The fourth-order valence-corrected chi connectivity index (χ4v) is 4.39. The molecular weight excluding hydrogens is 328 g/mol. The van der Waals surface area contributed by atoms with Gasteiger partial charge in [0.05, 0.1) is 0 Å². The van der Waals surface area contributed by atoms with Gasteiger partial charge in [0.1, 0.15) is 17.0 Å². The minimum Gasteiger partial charge on any atom is -0.508 e. The summed E-state index contributed by atoms with van der Waals surface area (Å²) in [5.74, 6) is 0.168. The van der Waals surface area contributed by atoms with Gasteiger partial charge in [-0.15, -0.1) is 0 Å². The van der Waals surface area contributed by atoms with Gasteiger partial charge in [-0.2, -0.15) is 0 Å². The predicted molar refractivity (Wildman–Crippen MR) is 98.8 cm³/mol. The van der Waals surface area contributed by atoms with E-state index in [4.69, 9.17) is 0 Å². The molecule has 1 fully saturated rings. The maximum Gasteiger partial charge on any atom is 0.241 e. The fourth-order valence-electron chi connectivity index (χ4n) is 4.39. The fraction of sp³-hybridized carbons (Fsp3) is 0.381. The summed E-state index contributed by atoms with van der Waals surface area (Å²) in [5, 5.41) is 22.7. The lowest BCUT2D eigenvalue weighted by Crippen LogP contribution is -2.60. The lowest BCUT2D eigenvalue weighted by atomic mass is 9.80. The topological polar surface area (TPSA) is 72.8 Å². The zero-order chi connectivity index (χ0) is 18.1. The van der Waals surface area contributed by atoms with Crippen molar-refractivity contribution in [3.05, 3.63) is 59.2 Å². The Morgan fingerprint density at radius 1 is 1.04 bits per heavy atom. The Morgan fingerprint density at radius 3 is 2.54 bits per heavy atom. The molecule has 2 aromatic rings. The van der Waals surface area contributed by atoms with Gasteiger partial charge in [-0.1, -0.05) is 24.3 Å². The zero-order valence-electron chi connectivity index (χ0n) is 14.7. The lowest BCUT2D eigenvalue weighted by Gasteiger charge is -2.45. The van der Waals surface area contributed by atoms with Crippen LogP contribution in [0.4, 0.5) is 0 Å². The molecule has 0 bridgehead atoms. The van der Waals surface area contributed by atoms with Crippen molar-refractivity contribution in [2.45, 2.75) is 44.3 Å². The Labute approximate surface area is 153 Å². The second-order valence-electron chi connectivity index (χ2n) is 7.40. The van der Waals surface area contributed by atoms with E-state index >= 15 is 0 Å². The molecule has 5 heteroatoms. The molecule has 136 valence electrons. The number of nitrogens with one attached hydrogen (secondary N) is 1. The first-order valence-corrected chi connectivity index (χ1v) is 9.19. The van der Waals surface area contributed by atoms with Crippen molar-refractivity contribution in [2.75, 3.05) is 6.54 Å². The third kappa shape index (κ3) is 3.03. The molecule has 2 aliphatic heterocycles. The first kappa shape index (κ1) is 16.9. The summed E-state index contributed by atoms with van der Waals surface area (Å²) < 4.78 is 0. The molecule has 1 unspecified atom stereocenters. The average molecular weight is 352 g/mol. The van der Waals surface area contributed by atoms with Crippen LogP contribution in [0.2, 0.25) is 0 Å². The van der Waals surface area contributed by atoms with Gasteiger partial charge in [0.2, 0.25) is 5.91 Å². The predicted octanol–water partition coefficient (Wildman–Crippen LogP) is 2.70. The van der Waals surface area contributed by atoms with Crippen LogP contribution in [0.1, 0.15) is 36.0 Å². The second kappa shape index (κ2) is 6.65. The van der Waals surface area contributed by atoms with Crippen molar-refractivity contribution >= 4 is 5.91 Å². The molecule has 5 nitrogen and oxygen atoms in total. The van der Waals surface area contributed by atoms with E-state index in [0.717, 1.165) is 31.4 Å². The molecule has 0 aliphatic carbocycles. The highest BCUT2D eigenvalue weighted by atomic mass is 16.3. The number of rotatable bonds is 2. The van der Waals surface area contributed by atoms with Crippen LogP contribution in [0.3, 0.4) is 0 Å². The smallest absolute Gasteiger partial charge is 0.241 e. The van der Waals surface area contributed by atoms with Gasteiger partial charge >= 0.3 is 0 Å². The van der Waals surface area contributed by atoms with Crippen LogP contribution in [-0.2, 0) is 24.3 Å². The number of phenolic OH excluding ortho intramolecular Hbond substituents is 2. The largest absolute Gasteiger partial charge is 0.508 e. The van der Waals surface area contributed by atoms with E-state index in [2.05, 4.69) is 22.3 Å². The Bertz CT molecular complexity index is 816. The maximum atomic E-state index is 13.1. The minimum atomic E-state index is -0.577. The first-order valence-electron chi connectivity index (χ1n) is 9.19. The standard InChI is InChI=1S/C21H24N2O3/c24-18-9-15(10-19(25)11-18)14-23-8-4-3-7-21(23)12-16-5-1-2-6-17(16)13-22-20(21)26/h1-2,5-6,9-11,24-25H,3-4,7-8,12-14H2,(H,22,26). The third-order valence-electron chi connectivity index (χ3n) is 5.67. The highest BCUT2D eigenvalue weighted by molar-refractivity contribution is 5.87. The SMILES string of the molecule is O=C1NCc2ccccc2CC12CCCCN2Cc1cc(O)cc(O)c1. The summed E-state index contributed by atoms with van der Waals surface area (Å²) in [6.07, 6.45) is 3.58. The van der Waals surface area contributed by atoms with Crippen molar-refractivity contribution in [3.63, 3.8) is 0 Å². The minimum absolute atomic E-state index is 0.0433. The van der Waals surface area contributed by atoms with E-state index in [1.165, 1.54) is 17.2 Å². The molecule has 26 heavy (non-hydrogen) atoms. The molecule has 1 spiro atoms. The lowest BCUT2D eigenvalue weighted by molar-refractivity contribution is -0.136. The molecule has 0 saturated carbocycles. The molecule has 4 rings (SSSR count). The zero-order valence-corrected chi connectivity index (χ0v) is 14.7. The quantitative estimate of drug-likeness (QED) is 0.777. The molecule has 2 aromatic carbocycles. The molecule has 3 N–H and O–H groups in total. The van der Waals surface area contributed by atoms with Crippen molar-refractivity contribution in [1.29, 1.82) is 0 Å². The monoisotopic (exact) mass is 352 g/mol. The molecule has 0 radical (unpaired) electrons. The number of aromatic hydroxyl groups is 2. The number of piperidine rings is 1. The van der Waals surface area contributed by atoms with Crippen molar-refractivity contribution in [1.82, 2.24) is 10.2 Å². The van der Waals surface area contributed by atoms with Crippen LogP contribution in [0.25, 0.3) is 0 Å². The van der Waals surface area contributed by atoms with Gasteiger partial charge in [0, 0.05) is 25.6 Å². The molecule has 1 saturated heterocycles. The first-order chi connectivity index (χ1) is 12.6. The highest BCUT2D eigenvalue weighted by Crippen LogP contribution is 2.36. The van der Waals surface area contributed by atoms with Crippen molar-refractivity contribution in [3.8, 4) is 11.5 Å². The van der Waals surface area contributed by atoms with Crippen LogP contribution < -0.4 is 5.32 Å². The van der Waals surface area contributed by atoms with E-state index < -0.39 is 5.54 Å². The van der Waals surface area contributed by atoms with E-state index in [1.807, 2.05) is 12.1 Å². The summed E-state index contributed by atoms with van der Waals surface area (Å²) in [6, 6.07) is 12.9. The van der Waals surface area contributed by atoms with Crippen LogP contribution in [0, 0.1) is 0 Å². The molecule has 0 aromatic heterocycles. The van der Waals surface area contributed by atoms with E-state index in [1.54, 1.807) is 12.1 Å². The molecule has 1 amide bonds. The van der Waals surface area contributed by atoms with Crippen LogP contribution in [0.15, 0.2) is 42.5 Å². The normalized spacial score (nSPS) is 23.3. The van der Waals surface area contributed by atoms with Crippen molar-refractivity contribution in [2.24, 2.45) is 0 Å². The summed E-state index contributed by atoms with van der Waals surface area (Å²) in [5.41, 5.74) is 2.63. The third-order valence-corrected chi connectivity index (χ3v) is 5.67. The van der Waals surface area contributed by atoms with Gasteiger partial charge < -0.3 is 15.5 Å². The summed E-state index contributed by atoms with van der Waals surface area (Å²) in [4.78, 5) is 15.4. The number of phenols is 2. The summed E-state index contributed by atoms with van der Waals surface area (Å²) in [6.45, 7) is 1.92. The van der Waals surface area contributed by atoms with Crippen LogP contribution >= 0.6 is 0 Å². The number of hydrogen-bond donors (Lipinski definition) is 3. The molecule has 1 atom stereocenters.